The molecule has 19 heavy (non-hydrogen) atoms. The van der Waals surface area contributed by atoms with Crippen LogP contribution in [0.1, 0.15) is 51.6 Å². The van der Waals surface area contributed by atoms with Crippen LogP contribution in [0.2, 0.25) is 0 Å². The van der Waals surface area contributed by atoms with Gasteiger partial charge in [0.2, 0.25) is 5.91 Å². The molecule has 1 amide bonds. The van der Waals surface area contributed by atoms with E-state index in [4.69, 9.17) is 5.73 Å². The quantitative estimate of drug-likeness (QED) is 0.843. The molecule has 0 saturated carbocycles. The summed E-state index contributed by atoms with van der Waals surface area (Å²) < 4.78 is 0. The van der Waals surface area contributed by atoms with E-state index in [9.17, 15) is 4.79 Å². The van der Waals surface area contributed by atoms with Gasteiger partial charge in [0.05, 0.1) is 0 Å². The second-order valence-corrected chi connectivity index (χ2v) is 5.40. The molecule has 1 unspecified atom stereocenters. The van der Waals surface area contributed by atoms with E-state index in [0.29, 0.717) is 6.42 Å². The van der Waals surface area contributed by atoms with E-state index in [1.54, 1.807) is 0 Å². The summed E-state index contributed by atoms with van der Waals surface area (Å²) in [6.07, 6.45) is 2.36. The Labute approximate surface area is 122 Å². The summed E-state index contributed by atoms with van der Waals surface area (Å²) in [6.45, 7) is 6.20. The minimum absolute atomic E-state index is 0. The van der Waals surface area contributed by atoms with Crippen LogP contribution < -0.4 is 11.1 Å². The van der Waals surface area contributed by atoms with Crippen molar-refractivity contribution < 1.29 is 4.79 Å². The number of halogens is 1. The second kappa shape index (κ2) is 8.18. The maximum Gasteiger partial charge on any atom is 0.222 e. The first-order chi connectivity index (χ1) is 8.44. The van der Waals surface area contributed by atoms with Gasteiger partial charge < -0.3 is 11.1 Å². The van der Waals surface area contributed by atoms with E-state index < -0.39 is 0 Å². The van der Waals surface area contributed by atoms with Crippen molar-refractivity contribution in [3.05, 3.63) is 35.9 Å². The van der Waals surface area contributed by atoms with Crippen molar-refractivity contribution in [2.75, 3.05) is 0 Å². The molecule has 1 aromatic carbocycles. The predicted octanol–water partition coefficient (Wildman–Crippen LogP) is 3.19. The molecule has 0 radical (unpaired) electrons. The Morgan fingerprint density at radius 1 is 1.32 bits per heavy atom. The van der Waals surface area contributed by atoms with Crippen LogP contribution in [0.4, 0.5) is 0 Å². The van der Waals surface area contributed by atoms with Gasteiger partial charge in [-0.3, -0.25) is 4.79 Å². The summed E-state index contributed by atoms with van der Waals surface area (Å²) in [4.78, 5) is 11.9. The molecule has 0 bridgehead atoms. The highest BCUT2D eigenvalue weighted by Gasteiger charge is 2.20. The lowest BCUT2D eigenvalue weighted by Gasteiger charge is -2.26. The van der Waals surface area contributed by atoms with Crippen molar-refractivity contribution in [2.24, 2.45) is 5.73 Å². The van der Waals surface area contributed by atoms with E-state index in [1.807, 2.05) is 44.2 Å². The van der Waals surface area contributed by atoms with E-state index in [2.05, 4.69) is 12.2 Å². The fourth-order valence-electron chi connectivity index (χ4n) is 2.13. The zero-order chi connectivity index (χ0) is 13.6. The molecular weight excluding hydrogens is 260 g/mol. The Morgan fingerprint density at radius 3 is 2.42 bits per heavy atom. The number of amides is 1. The number of rotatable bonds is 6. The highest BCUT2D eigenvalue weighted by Crippen LogP contribution is 2.15. The standard InChI is InChI=1S/C15H24N2O.ClH/c1-4-10-15(2,3)17-14(18)11-13(16)12-8-6-5-7-9-12;/h5-9,13H,4,10-11,16H2,1-3H3,(H,17,18);1H. The fourth-order valence-corrected chi connectivity index (χ4v) is 2.13. The molecule has 0 saturated heterocycles. The van der Waals surface area contributed by atoms with E-state index >= 15 is 0 Å². The third-order valence-corrected chi connectivity index (χ3v) is 2.99. The van der Waals surface area contributed by atoms with Crippen LogP contribution in [-0.2, 0) is 4.79 Å². The third-order valence-electron chi connectivity index (χ3n) is 2.99. The summed E-state index contributed by atoms with van der Waals surface area (Å²) in [5.41, 5.74) is 6.88. The lowest BCUT2D eigenvalue weighted by atomic mass is 9.97. The third kappa shape index (κ3) is 6.60. The van der Waals surface area contributed by atoms with Crippen molar-refractivity contribution in [3.63, 3.8) is 0 Å². The number of nitrogens with one attached hydrogen (secondary N) is 1. The van der Waals surface area contributed by atoms with Gasteiger partial charge in [0.15, 0.2) is 0 Å². The molecule has 3 nitrogen and oxygen atoms in total. The summed E-state index contributed by atoms with van der Waals surface area (Å²) in [5, 5.41) is 3.04. The Morgan fingerprint density at radius 2 is 1.89 bits per heavy atom. The van der Waals surface area contributed by atoms with E-state index in [1.165, 1.54) is 0 Å². The zero-order valence-corrected chi connectivity index (χ0v) is 12.8. The maximum absolute atomic E-state index is 11.9. The molecule has 0 aliphatic carbocycles. The van der Waals surface area contributed by atoms with Crippen LogP contribution in [0, 0.1) is 0 Å². The van der Waals surface area contributed by atoms with Gasteiger partial charge in [-0.2, -0.15) is 0 Å². The number of carbonyl (C=O) groups excluding carboxylic acids is 1. The smallest absolute Gasteiger partial charge is 0.222 e. The zero-order valence-electron chi connectivity index (χ0n) is 12.0. The first-order valence-electron chi connectivity index (χ1n) is 6.56. The molecule has 0 aliphatic heterocycles. The normalized spacial score (nSPS) is 12.4. The average Bonchev–Trinajstić information content (AvgIpc) is 2.28. The van der Waals surface area contributed by atoms with Crippen molar-refractivity contribution in [1.82, 2.24) is 5.32 Å². The van der Waals surface area contributed by atoms with Crippen molar-refractivity contribution in [2.45, 2.75) is 51.6 Å². The van der Waals surface area contributed by atoms with Gasteiger partial charge in [-0.05, 0) is 25.8 Å². The van der Waals surface area contributed by atoms with Gasteiger partial charge in [0.1, 0.15) is 0 Å². The van der Waals surface area contributed by atoms with Crippen molar-refractivity contribution >= 4 is 18.3 Å². The van der Waals surface area contributed by atoms with Crippen LogP contribution in [-0.4, -0.2) is 11.4 Å². The number of nitrogens with two attached hydrogens (primary N) is 1. The Hall–Kier alpha value is -1.06. The van der Waals surface area contributed by atoms with Crippen LogP contribution in [0.15, 0.2) is 30.3 Å². The molecule has 1 rings (SSSR count). The molecule has 0 spiro atoms. The average molecular weight is 285 g/mol. The van der Waals surface area contributed by atoms with Gasteiger partial charge in [-0.25, -0.2) is 0 Å². The topological polar surface area (TPSA) is 55.1 Å². The van der Waals surface area contributed by atoms with Gasteiger partial charge in [0.25, 0.3) is 0 Å². The number of hydrogen-bond acceptors (Lipinski definition) is 2. The van der Waals surface area contributed by atoms with Crippen molar-refractivity contribution in [1.29, 1.82) is 0 Å². The summed E-state index contributed by atoms with van der Waals surface area (Å²) in [5.74, 6) is 0.0183. The van der Waals surface area contributed by atoms with Crippen LogP contribution >= 0.6 is 12.4 Å². The Balaban J connectivity index is 0.00000324. The minimum atomic E-state index is -0.233. The van der Waals surface area contributed by atoms with E-state index in [0.717, 1.165) is 18.4 Å². The lowest BCUT2D eigenvalue weighted by Crippen LogP contribution is -2.44. The summed E-state index contributed by atoms with van der Waals surface area (Å²) in [7, 11) is 0. The molecular formula is C15H25ClN2O. The molecule has 3 N–H and O–H groups in total. The summed E-state index contributed by atoms with van der Waals surface area (Å²) in [6, 6.07) is 9.50. The molecule has 0 aliphatic rings. The molecule has 0 fully saturated rings. The molecule has 1 aromatic rings. The van der Waals surface area contributed by atoms with Crippen LogP contribution in [0.5, 0.6) is 0 Å². The number of hydrogen-bond donors (Lipinski definition) is 2. The molecule has 108 valence electrons. The number of benzene rings is 1. The van der Waals surface area contributed by atoms with Crippen LogP contribution in [0.25, 0.3) is 0 Å². The van der Waals surface area contributed by atoms with Crippen molar-refractivity contribution in [3.8, 4) is 0 Å². The van der Waals surface area contributed by atoms with E-state index in [-0.39, 0.29) is 29.9 Å². The van der Waals surface area contributed by atoms with Gasteiger partial charge in [-0.1, -0.05) is 43.7 Å². The monoisotopic (exact) mass is 284 g/mol. The maximum atomic E-state index is 11.9. The molecule has 1 atom stereocenters. The molecule has 0 heterocycles. The minimum Gasteiger partial charge on any atom is -0.351 e. The Kier molecular flexibility index (Phi) is 7.72. The van der Waals surface area contributed by atoms with Gasteiger partial charge >= 0.3 is 0 Å². The second-order valence-electron chi connectivity index (χ2n) is 5.40. The molecule has 4 heteroatoms. The first kappa shape index (κ1) is 17.9. The van der Waals surface area contributed by atoms with Gasteiger partial charge in [0, 0.05) is 18.0 Å². The Bertz CT molecular complexity index is 379. The fraction of sp³-hybridized carbons (Fsp3) is 0.533. The highest BCUT2D eigenvalue weighted by atomic mass is 35.5. The van der Waals surface area contributed by atoms with Crippen LogP contribution in [0.3, 0.4) is 0 Å². The molecule has 0 aromatic heterocycles. The lowest BCUT2D eigenvalue weighted by molar-refractivity contribution is -0.123. The summed E-state index contributed by atoms with van der Waals surface area (Å²) >= 11 is 0. The first-order valence-corrected chi connectivity index (χ1v) is 6.56. The predicted molar refractivity (Wildman–Crippen MR) is 82.4 cm³/mol. The highest BCUT2D eigenvalue weighted by molar-refractivity contribution is 5.85. The number of carbonyl (C=O) groups is 1. The van der Waals surface area contributed by atoms with Gasteiger partial charge in [-0.15, -0.1) is 12.4 Å². The SMILES string of the molecule is CCCC(C)(C)NC(=O)CC(N)c1ccccc1.Cl. The largest absolute Gasteiger partial charge is 0.351 e.